The third-order valence-corrected chi connectivity index (χ3v) is 12.5. The van der Waals surface area contributed by atoms with Crippen molar-refractivity contribution in [3.63, 3.8) is 0 Å². The molecule has 0 unspecified atom stereocenters. The first-order valence-corrected chi connectivity index (χ1v) is 11.5. The lowest BCUT2D eigenvalue weighted by Gasteiger charge is -2.46. The summed E-state index contributed by atoms with van der Waals surface area (Å²) in [5, 5.41) is 10.3. The molecule has 3 nitrogen and oxygen atoms in total. The molecule has 1 aliphatic rings. The quantitative estimate of drug-likeness (QED) is 0.577. The van der Waals surface area contributed by atoms with Crippen LogP contribution in [-0.2, 0) is 9.22 Å². The number of carbonyl (C=O) groups is 1. The third kappa shape index (κ3) is 3.90. The SMILES string of the molecule is CC(C)[Si](O[C@H]1C[C@H](C)C(=O)[C@H](O)[C@H](C)[C@H]1C)(C(C)C)C(C)C. The zero-order valence-electron chi connectivity index (χ0n) is 16.6. The van der Waals surface area contributed by atoms with Crippen LogP contribution in [0.25, 0.3) is 0 Å². The van der Waals surface area contributed by atoms with Crippen LogP contribution in [0.15, 0.2) is 0 Å². The molecule has 5 atom stereocenters. The fraction of sp³-hybridized carbons (Fsp3) is 0.947. The monoisotopic (exact) mass is 342 g/mol. The number of rotatable bonds is 5. The van der Waals surface area contributed by atoms with Gasteiger partial charge in [0.1, 0.15) is 6.10 Å². The highest BCUT2D eigenvalue weighted by atomic mass is 28.4. The van der Waals surface area contributed by atoms with Crippen molar-refractivity contribution in [2.24, 2.45) is 17.8 Å². The molecule has 1 N–H and O–H groups in total. The molecule has 0 aromatic rings. The Morgan fingerprint density at radius 2 is 1.39 bits per heavy atom. The van der Waals surface area contributed by atoms with Crippen LogP contribution >= 0.6 is 0 Å². The first-order chi connectivity index (χ1) is 10.5. The minimum Gasteiger partial charge on any atom is -0.413 e. The predicted molar refractivity (Wildman–Crippen MR) is 99.0 cm³/mol. The first kappa shape index (κ1) is 20.9. The van der Waals surface area contributed by atoms with Gasteiger partial charge in [-0.05, 0) is 34.9 Å². The summed E-state index contributed by atoms with van der Waals surface area (Å²) in [5.74, 6) is 0.0135. The van der Waals surface area contributed by atoms with Crippen molar-refractivity contribution in [2.45, 2.75) is 97.6 Å². The molecule has 0 aliphatic heterocycles. The van der Waals surface area contributed by atoms with Gasteiger partial charge in [0.2, 0.25) is 8.32 Å². The molecular formula is C19H38O3Si. The van der Waals surface area contributed by atoms with Gasteiger partial charge in [-0.15, -0.1) is 0 Å². The number of aliphatic hydroxyl groups excluding tert-OH is 1. The highest BCUT2D eigenvalue weighted by Gasteiger charge is 2.49. The molecule has 0 aromatic carbocycles. The molecule has 4 heteroatoms. The summed E-state index contributed by atoms with van der Waals surface area (Å²) in [6, 6.07) is 0. The van der Waals surface area contributed by atoms with Gasteiger partial charge in [0, 0.05) is 12.0 Å². The number of aliphatic hydroxyl groups is 1. The standard InChI is InChI=1S/C19H38O3Si/c1-11(2)23(12(3)4,13(5)6)22-17-10-14(7)18(20)19(21)16(9)15(17)8/h11-17,19,21H,10H2,1-9H3/t14-,15+,16+,17-,19+/m0/s1. The van der Waals surface area contributed by atoms with E-state index in [2.05, 4.69) is 48.5 Å². The average molecular weight is 343 g/mol. The average Bonchev–Trinajstić information content (AvgIpc) is 2.51. The number of hydrogen-bond donors (Lipinski definition) is 1. The molecule has 0 saturated heterocycles. The van der Waals surface area contributed by atoms with Crippen molar-refractivity contribution in [1.29, 1.82) is 0 Å². The van der Waals surface area contributed by atoms with Crippen LogP contribution in [0.3, 0.4) is 0 Å². The van der Waals surface area contributed by atoms with Crippen LogP contribution in [-0.4, -0.2) is 31.4 Å². The van der Waals surface area contributed by atoms with Crippen molar-refractivity contribution in [3.05, 3.63) is 0 Å². The third-order valence-electron chi connectivity index (χ3n) is 6.34. The molecule has 0 aromatic heterocycles. The minimum atomic E-state index is -1.98. The van der Waals surface area contributed by atoms with E-state index >= 15 is 0 Å². The van der Waals surface area contributed by atoms with E-state index in [4.69, 9.17) is 4.43 Å². The summed E-state index contributed by atoms with van der Waals surface area (Å²) >= 11 is 0. The van der Waals surface area contributed by atoms with Gasteiger partial charge in [-0.25, -0.2) is 0 Å². The van der Waals surface area contributed by atoms with Crippen LogP contribution < -0.4 is 0 Å². The second-order valence-corrected chi connectivity index (χ2v) is 14.1. The maximum absolute atomic E-state index is 12.3. The number of carbonyl (C=O) groups excluding carboxylic acids is 1. The van der Waals surface area contributed by atoms with Crippen LogP contribution in [0.1, 0.15) is 68.7 Å². The van der Waals surface area contributed by atoms with Gasteiger partial charge in [-0.3, -0.25) is 4.79 Å². The highest BCUT2D eigenvalue weighted by Crippen LogP contribution is 2.45. The van der Waals surface area contributed by atoms with Crippen molar-refractivity contribution < 1.29 is 14.3 Å². The van der Waals surface area contributed by atoms with Crippen molar-refractivity contribution in [2.75, 3.05) is 0 Å². The Hall–Kier alpha value is -0.193. The van der Waals surface area contributed by atoms with Crippen molar-refractivity contribution in [3.8, 4) is 0 Å². The largest absolute Gasteiger partial charge is 0.413 e. The van der Waals surface area contributed by atoms with E-state index in [0.717, 1.165) is 6.42 Å². The Morgan fingerprint density at radius 1 is 0.957 bits per heavy atom. The molecule has 1 rings (SSSR count). The molecule has 0 bridgehead atoms. The van der Waals surface area contributed by atoms with E-state index in [1.807, 2.05) is 13.8 Å². The molecule has 1 aliphatic carbocycles. The second-order valence-electron chi connectivity index (χ2n) is 8.68. The van der Waals surface area contributed by atoms with Crippen LogP contribution in [0.4, 0.5) is 0 Å². The lowest BCUT2D eigenvalue weighted by Crippen LogP contribution is -2.52. The predicted octanol–water partition coefficient (Wildman–Crippen LogP) is 4.79. The topological polar surface area (TPSA) is 46.5 Å². The van der Waals surface area contributed by atoms with Gasteiger partial charge >= 0.3 is 0 Å². The summed E-state index contributed by atoms with van der Waals surface area (Å²) < 4.78 is 6.97. The summed E-state index contributed by atoms with van der Waals surface area (Å²) in [6.45, 7) is 19.8. The van der Waals surface area contributed by atoms with Gasteiger partial charge in [0.15, 0.2) is 5.78 Å². The molecule has 0 radical (unpaired) electrons. The molecule has 0 amide bonds. The molecule has 1 fully saturated rings. The molecule has 1 saturated carbocycles. The fourth-order valence-electron chi connectivity index (χ4n) is 4.68. The Bertz CT molecular complexity index is 384. The fourth-order valence-corrected chi connectivity index (χ4v) is 10.3. The van der Waals surface area contributed by atoms with E-state index in [1.165, 1.54) is 0 Å². The smallest absolute Gasteiger partial charge is 0.200 e. The molecule has 0 heterocycles. The van der Waals surface area contributed by atoms with Crippen molar-refractivity contribution in [1.82, 2.24) is 0 Å². The Morgan fingerprint density at radius 3 is 1.78 bits per heavy atom. The summed E-state index contributed by atoms with van der Waals surface area (Å²) in [5.41, 5.74) is 1.59. The number of Topliss-reactive ketones (excluding diaryl/α,β-unsaturated/α-hetero) is 1. The normalized spacial score (nSPS) is 33.6. The zero-order chi connectivity index (χ0) is 18.1. The van der Waals surface area contributed by atoms with E-state index in [1.54, 1.807) is 0 Å². The van der Waals surface area contributed by atoms with Gasteiger partial charge in [-0.1, -0.05) is 62.3 Å². The molecule has 23 heavy (non-hydrogen) atoms. The van der Waals surface area contributed by atoms with Gasteiger partial charge < -0.3 is 9.53 Å². The lowest BCUT2D eigenvalue weighted by atomic mass is 9.88. The minimum absolute atomic E-state index is 0.0126. The molecule has 136 valence electrons. The second kappa shape index (κ2) is 7.79. The Labute approximate surface area is 144 Å². The van der Waals surface area contributed by atoms with E-state index in [9.17, 15) is 9.90 Å². The van der Waals surface area contributed by atoms with E-state index in [0.29, 0.717) is 16.6 Å². The van der Waals surface area contributed by atoms with E-state index in [-0.39, 0.29) is 29.6 Å². The maximum atomic E-state index is 12.3. The maximum Gasteiger partial charge on any atom is 0.200 e. The summed E-state index contributed by atoms with van der Waals surface area (Å²) in [7, 11) is -1.98. The highest BCUT2D eigenvalue weighted by molar-refractivity contribution is 6.77. The van der Waals surface area contributed by atoms with Gasteiger partial charge in [0.05, 0.1) is 0 Å². The van der Waals surface area contributed by atoms with Crippen LogP contribution in [0, 0.1) is 17.8 Å². The Balaban J connectivity index is 3.18. The van der Waals surface area contributed by atoms with E-state index < -0.39 is 14.4 Å². The Kier molecular flexibility index (Phi) is 7.06. The molecule has 0 spiro atoms. The van der Waals surface area contributed by atoms with Crippen LogP contribution in [0.2, 0.25) is 16.6 Å². The number of ketones is 1. The van der Waals surface area contributed by atoms with Crippen molar-refractivity contribution >= 4 is 14.1 Å². The van der Waals surface area contributed by atoms with Gasteiger partial charge in [0.25, 0.3) is 0 Å². The summed E-state index contributed by atoms with van der Waals surface area (Å²) in [4.78, 5) is 12.3. The first-order valence-electron chi connectivity index (χ1n) is 9.36. The number of hydrogen-bond acceptors (Lipinski definition) is 3. The summed E-state index contributed by atoms with van der Waals surface area (Å²) in [6.07, 6.45) is -0.0377. The van der Waals surface area contributed by atoms with Gasteiger partial charge in [-0.2, -0.15) is 0 Å². The zero-order valence-corrected chi connectivity index (χ0v) is 17.6. The van der Waals surface area contributed by atoms with Crippen LogP contribution in [0.5, 0.6) is 0 Å². The lowest BCUT2D eigenvalue weighted by molar-refractivity contribution is -0.132. The molecular weight excluding hydrogens is 304 g/mol.